The summed E-state index contributed by atoms with van der Waals surface area (Å²) in [5, 5.41) is 10.1. The average molecular weight is 366 g/mol. The summed E-state index contributed by atoms with van der Waals surface area (Å²) in [7, 11) is 0. The van der Waals surface area contributed by atoms with Crippen LogP contribution in [0.1, 0.15) is 11.1 Å². The molecule has 0 radical (unpaired) electrons. The van der Waals surface area contributed by atoms with Crippen LogP contribution >= 0.6 is 23.2 Å². The van der Waals surface area contributed by atoms with Crippen molar-refractivity contribution in [3.05, 3.63) is 63.6 Å². The number of aliphatic carboxylic acids is 1. The van der Waals surface area contributed by atoms with Crippen LogP contribution < -0.4 is 4.74 Å². The number of hydrogen-bond acceptors (Lipinski definition) is 3. The van der Waals surface area contributed by atoms with Gasteiger partial charge in [0.25, 0.3) is 0 Å². The van der Waals surface area contributed by atoms with Crippen molar-refractivity contribution >= 4 is 29.2 Å². The molecule has 1 aliphatic heterocycles. The lowest BCUT2D eigenvalue weighted by Crippen LogP contribution is -2.49. The lowest BCUT2D eigenvalue weighted by atomic mass is 10.00. The van der Waals surface area contributed by atoms with Gasteiger partial charge in [-0.05, 0) is 41.5 Å². The van der Waals surface area contributed by atoms with Crippen LogP contribution in [0, 0.1) is 5.92 Å². The van der Waals surface area contributed by atoms with Crippen molar-refractivity contribution in [2.75, 3.05) is 13.1 Å². The summed E-state index contributed by atoms with van der Waals surface area (Å²) in [5.41, 5.74) is 2.05. The van der Waals surface area contributed by atoms with Crippen molar-refractivity contribution in [2.45, 2.75) is 13.2 Å². The Kier molecular flexibility index (Phi) is 5.29. The Morgan fingerprint density at radius 3 is 2.29 bits per heavy atom. The Labute approximate surface area is 150 Å². The SMILES string of the molecule is O=C(O)C1CN(Cc2ccc(OCc3cc(Cl)cc(Cl)c3)cc2)C1. The van der Waals surface area contributed by atoms with Crippen LogP contribution in [0.4, 0.5) is 0 Å². The Morgan fingerprint density at radius 2 is 1.71 bits per heavy atom. The van der Waals surface area contributed by atoms with Crippen LogP contribution in [0.2, 0.25) is 10.0 Å². The number of ether oxygens (including phenoxy) is 1. The molecule has 1 fully saturated rings. The zero-order valence-corrected chi connectivity index (χ0v) is 14.4. The fraction of sp³-hybridized carbons (Fsp3) is 0.278. The van der Waals surface area contributed by atoms with Gasteiger partial charge in [0.1, 0.15) is 12.4 Å². The van der Waals surface area contributed by atoms with E-state index in [1.165, 1.54) is 0 Å². The first-order chi connectivity index (χ1) is 11.5. The molecule has 0 amide bonds. The highest BCUT2D eigenvalue weighted by Crippen LogP contribution is 2.22. The van der Waals surface area contributed by atoms with Crippen LogP contribution in [-0.4, -0.2) is 29.1 Å². The van der Waals surface area contributed by atoms with Crippen LogP contribution in [0.5, 0.6) is 5.75 Å². The maximum atomic E-state index is 10.8. The number of halogens is 2. The minimum Gasteiger partial charge on any atom is -0.489 e. The fourth-order valence-corrected chi connectivity index (χ4v) is 3.24. The molecule has 1 heterocycles. The standard InChI is InChI=1S/C18H17Cl2NO3/c19-15-5-13(6-16(20)7-15)11-24-17-3-1-12(2-4-17)8-21-9-14(10-21)18(22)23/h1-7,14H,8-11H2,(H,22,23). The quantitative estimate of drug-likeness (QED) is 0.837. The molecule has 24 heavy (non-hydrogen) atoms. The molecule has 0 unspecified atom stereocenters. The number of rotatable bonds is 6. The number of benzene rings is 2. The number of carbonyl (C=O) groups is 1. The van der Waals surface area contributed by atoms with Crippen molar-refractivity contribution in [3.8, 4) is 5.75 Å². The third-order valence-electron chi connectivity index (χ3n) is 3.96. The van der Waals surface area contributed by atoms with Gasteiger partial charge in [-0.3, -0.25) is 9.69 Å². The van der Waals surface area contributed by atoms with Crippen molar-refractivity contribution in [1.82, 2.24) is 4.90 Å². The van der Waals surface area contributed by atoms with E-state index in [1.54, 1.807) is 6.07 Å². The third kappa shape index (κ3) is 4.41. The minimum absolute atomic E-state index is 0.225. The van der Waals surface area contributed by atoms with Gasteiger partial charge in [-0.15, -0.1) is 0 Å². The predicted octanol–water partition coefficient (Wildman–Crippen LogP) is 4.09. The van der Waals surface area contributed by atoms with Crippen LogP contribution in [0.25, 0.3) is 0 Å². The van der Waals surface area contributed by atoms with E-state index in [9.17, 15) is 4.79 Å². The zero-order valence-electron chi connectivity index (χ0n) is 12.9. The van der Waals surface area contributed by atoms with Gasteiger partial charge in [0, 0.05) is 29.7 Å². The number of nitrogens with zero attached hydrogens (tertiary/aromatic N) is 1. The number of carboxylic acid groups (broad SMARTS) is 1. The summed E-state index contributed by atoms with van der Waals surface area (Å²) in [6, 6.07) is 13.1. The molecule has 0 saturated carbocycles. The van der Waals surface area contributed by atoms with Gasteiger partial charge in [0.05, 0.1) is 5.92 Å². The molecule has 4 nitrogen and oxygen atoms in total. The molecule has 3 rings (SSSR count). The highest BCUT2D eigenvalue weighted by molar-refractivity contribution is 6.34. The lowest BCUT2D eigenvalue weighted by Gasteiger charge is -2.36. The van der Waals surface area contributed by atoms with Crippen LogP contribution in [0.3, 0.4) is 0 Å². The highest BCUT2D eigenvalue weighted by Gasteiger charge is 2.31. The van der Waals surface area contributed by atoms with E-state index in [1.807, 2.05) is 36.4 Å². The molecule has 2 aromatic rings. The van der Waals surface area contributed by atoms with Gasteiger partial charge in [-0.1, -0.05) is 35.3 Å². The minimum atomic E-state index is -0.712. The molecular weight excluding hydrogens is 349 g/mol. The summed E-state index contributed by atoms with van der Waals surface area (Å²) in [4.78, 5) is 12.9. The Morgan fingerprint density at radius 1 is 1.08 bits per heavy atom. The molecule has 1 N–H and O–H groups in total. The summed E-state index contributed by atoms with van der Waals surface area (Å²) in [6.45, 7) is 2.38. The summed E-state index contributed by atoms with van der Waals surface area (Å²) < 4.78 is 5.74. The van der Waals surface area contributed by atoms with Crippen LogP contribution in [0.15, 0.2) is 42.5 Å². The summed E-state index contributed by atoms with van der Waals surface area (Å²) in [6.07, 6.45) is 0. The molecule has 126 valence electrons. The maximum absolute atomic E-state index is 10.8. The maximum Gasteiger partial charge on any atom is 0.309 e. The van der Waals surface area contributed by atoms with Gasteiger partial charge in [0.2, 0.25) is 0 Å². The third-order valence-corrected chi connectivity index (χ3v) is 4.40. The Bertz CT molecular complexity index is 707. The first kappa shape index (κ1) is 17.1. The molecule has 0 atom stereocenters. The van der Waals surface area contributed by atoms with Gasteiger partial charge in [0.15, 0.2) is 0 Å². The molecular formula is C18H17Cl2NO3. The number of carboxylic acids is 1. The van der Waals surface area contributed by atoms with E-state index in [2.05, 4.69) is 4.90 Å². The fourth-order valence-electron chi connectivity index (χ4n) is 2.67. The van der Waals surface area contributed by atoms with Gasteiger partial charge >= 0.3 is 5.97 Å². The van der Waals surface area contributed by atoms with Crippen molar-refractivity contribution < 1.29 is 14.6 Å². The average Bonchev–Trinajstić information content (AvgIpc) is 2.48. The molecule has 0 aromatic heterocycles. The van der Waals surface area contributed by atoms with Crippen LogP contribution in [-0.2, 0) is 17.9 Å². The molecule has 2 aromatic carbocycles. The molecule has 0 aliphatic carbocycles. The second-order valence-corrected chi connectivity index (χ2v) is 6.81. The van der Waals surface area contributed by atoms with Gasteiger partial charge in [-0.2, -0.15) is 0 Å². The first-order valence-corrected chi connectivity index (χ1v) is 8.37. The molecule has 1 saturated heterocycles. The van der Waals surface area contributed by atoms with E-state index in [4.69, 9.17) is 33.0 Å². The van der Waals surface area contributed by atoms with E-state index >= 15 is 0 Å². The van der Waals surface area contributed by atoms with E-state index in [-0.39, 0.29) is 5.92 Å². The summed E-state index contributed by atoms with van der Waals surface area (Å²) >= 11 is 11.9. The second kappa shape index (κ2) is 7.43. The molecule has 0 spiro atoms. The van der Waals surface area contributed by atoms with E-state index in [0.717, 1.165) is 23.4 Å². The first-order valence-electron chi connectivity index (χ1n) is 7.61. The van der Waals surface area contributed by atoms with Crippen molar-refractivity contribution in [3.63, 3.8) is 0 Å². The predicted molar refractivity (Wildman–Crippen MR) is 93.6 cm³/mol. The highest BCUT2D eigenvalue weighted by atomic mass is 35.5. The number of likely N-dealkylation sites (tertiary alicyclic amines) is 1. The number of hydrogen-bond donors (Lipinski definition) is 1. The van der Waals surface area contributed by atoms with E-state index < -0.39 is 5.97 Å². The lowest BCUT2D eigenvalue weighted by molar-refractivity contribution is -0.147. The monoisotopic (exact) mass is 365 g/mol. The smallest absolute Gasteiger partial charge is 0.309 e. The topological polar surface area (TPSA) is 49.8 Å². The molecule has 1 aliphatic rings. The Hall–Kier alpha value is -1.75. The second-order valence-electron chi connectivity index (χ2n) is 5.94. The largest absolute Gasteiger partial charge is 0.489 e. The summed E-state index contributed by atoms with van der Waals surface area (Å²) in [5.74, 6) is -0.171. The molecule has 0 bridgehead atoms. The van der Waals surface area contributed by atoms with Gasteiger partial charge < -0.3 is 9.84 Å². The zero-order chi connectivity index (χ0) is 17.1. The van der Waals surface area contributed by atoms with Crippen molar-refractivity contribution in [2.24, 2.45) is 5.92 Å². The molecule has 6 heteroatoms. The van der Waals surface area contributed by atoms with E-state index in [0.29, 0.717) is 29.7 Å². The van der Waals surface area contributed by atoms with Crippen molar-refractivity contribution in [1.29, 1.82) is 0 Å². The van der Waals surface area contributed by atoms with Gasteiger partial charge in [-0.25, -0.2) is 0 Å². The normalized spacial score (nSPS) is 15.1. The Balaban J connectivity index is 1.50.